The summed E-state index contributed by atoms with van der Waals surface area (Å²) in [6.45, 7) is 3.11. The van der Waals surface area contributed by atoms with Crippen molar-refractivity contribution in [1.82, 2.24) is 9.78 Å². The first-order chi connectivity index (χ1) is 7.75. The highest BCUT2D eigenvalue weighted by atomic mass is 19.1. The molecular weight excluding hydrogens is 203 g/mol. The predicted octanol–water partition coefficient (Wildman–Crippen LogP) is 2.94. The lowest BCUT2D eigenvalue weighted by molar-refractivity contribution is 0.628. The zero-order valence-electron chi connectivity index (χ0n) is 9.20. The molecule has 0 bridgehead atoms. The number of hydrogen-bond acceptors (Lipinski definition) is 1. The van der Waals surface area contributed by atoms with Crippen LogP contribution < -0.4 is 0 Å². The first kappa shape index (κ1) is 9.58. The minimum absolute atomic E-state index is 0.201. The van der Waals surface area contributed by atoms with Gasteiger partial charge in [0.05, 0.1) is 5.69 Å². The van der Waals surface area contributed by atoms with Crippen molar-refractivity contribution in [3.8, 4) is 11.3 Å². The molecule has 0 radical (unpaired) electrons. The average Bonchev–Trinajstić information content (AvgIpc) is 2.84. The number of rotatable bonds is 1. The molecule has 2 heterocycles. The Hall–Kier alpha value is -1.64. The molecule has 0 fully saturated rings. The number of nitrogens with zero attached hydrogens (tertiary/aromatic N) is 2. The van der Waals surface area contributed by atoms with E-state index in [0.717, 1.165) is 24.2 Å². The van der Waals surface area contributed by atoms with Crippen LogP contribution >= 0.6 is 0 Å². The fourth-order valence-electron chi connectivity index (χ4n) is 2.37. The van der Waals surface area contributed by atoms with Crippen LogP contribution in [0, 0.1) is 12.7 Å². The van der Waals surface area contributed by atoms with Gasteiger partial charge in [-0.3, -0.25) is 4.68 Å². The quantitative estimate of drug-likeness (QED) is 0.716. The van der Waals surface area contributed by atoms with Crippen LogP contribution in [0.2, 0.25) is 0 Å². The highest BCUT2D eigenvalue weighted by molar-refractivity contribution is 5.63. The molecule has 1 aliphatic heterocycles. The maximum absolute atomic E-state index is 12.8. The Morgan fingerprint density at radius 1 is 1.25 bits per heavy atom. The largest absolute Gasteiger partial charge is 0.269 e. The molecule has 16 heavy (non-hydrogen) atoms. The standard InChI is InChI=1S/C13H13FN2/c1-9-12-3-2-8-16(12)15-13(9)10-4-6-11(14)7-5-10/h4-7H,2-3,8H2,1H3. The average molecular weight is 216 g/mol. The summed E-state index contributed by atoms with van der Waals surface area (Å²) in [7, 11) is 0. The van der Waals surface area contributed by atoms with Crippen molar-refractivity contribution in [2.24, 2.45) is 0 Å². The minimum atomic E-state index is -0.201. The van der Waals surface area contributed by atoms with Crippen LogP contribution in [0.1, 0.15) is 17.7 Å². The highest BCUT2D eigenvalue weighted by Gasteiger charge is 2.19. The van der Waals surface area contributed by atoms with Crippen molar-refractivity contribution >= 4 is 0 Å². The number of hydrogen-bond donors (Lipinski definition) is 0. The maximum atomic E-state index is 12.8. The van der Waals surface area contributed by atoms with Crippen LogP contribution in [0.4, 0.5) is 4.39 Å². The van der Waals surface area contributed by atoms with Gasteiger partial charge in [-0.2, -0.15) is 5.10 Å². The molecule has 0 atom stereocenters. The van der Waals surface area contributed by atoms with E-state index in [1.54, 1.807) is 12.1 Å². The van der Waals surface area contributed by atoms with Gasteiger partial charge in [-0.05, 0) is 49.6 Å². The van der Waals surface area contributed by atoms with Crippen molar-refractivity contribution in [2.75, 3.05) is 0 Å². The molecule has 0 saturated carbocycles. The maximum Gasteiger partial charge on any atom is 0.123 e. The Bertz CT molecular complexity index is 526. The summed E-state index contributed by atoms with van der Waals surface area (Å²) in [5.74, 6) is -0.201. The molecule has 3 rings (SSSR count). The molecule has 0 aliphatic carbocycles. The fourth-order valence-corrected chi connectivity index (χ4v) is 2.37. The zero-order chi connectivity index (χ0) is 11.1. The minimum Gasteiger partial charge on any atom is -0.269 e. The van der Waals surface area contributed by atoms with Crippen LogP contribution in [-0.2, 0) is 13.0 Å². The number of fused-ring (bicyclic) bond motifs is 1. The number of aryl methyl sites for hydroxylation is 1. The summed E-state index contributed by atoms with van der Waals surface area (Å²) in [6.07, 6.45) is 2.30. The lowest BCUT2D eigenvalue weighted by atomic mass is 10.1. The topological polar surface area (TPSA) is 17.8 Å². The molecule has 0 amide bonds. The second kappa shape index (κ2) is 3.44. The molecule has 82 valence electrons. The smallest absolute Gasteiger partial charge is 0.123 e. The summed E-state index contributed by atoms with van der Waals surface area (Å²) in [5.41, 5.74) is 4.57. The highest BCUT2D eigenvalue weighted by Crippen LogP contribution is 2.28. The van der Waals surface area contributed by atoms with E-state index in [-0.39, 0.29) is 5.82 Å². The number of aromatic nitrogens is 2. The van der Waals surface area contributed by atoms with E-state index in [4.69, 9.17) is 0 Å². The van der Waals surface area contributed by atoms with Crippen LogP contribution in [0.25, 0.3) is 11.3 Å². The zero-order valence-corrected chi connectivity index (χ0v) is 9.20. The van der Waals surface area contributed by atoms with Gasteiger partial charge >= 0.3 is 0 Å². The van der Waals surface area contributed by atoms with Crippen molar-refractivity contribution in [3.63, 3.8) is 0 Å². The van der Waals surface area contributed by atoms with Gasteiger partial charge in [-0.25, -0.2) is 4.39 Å². The Morgan fingerprint density at radius 2 is 2.00 bits per heavy atom. The lowest BCUT2D eigenvalue weighted by Crippen LogP contribution is -1.94. The molecule has 2 aromatic rings. The van der Waals surface area contributed by atoms with Gasteiger partial charge in [-0.1, -0.05) is 0 Å². The van der Waals surface area contributed by atoms with Crippen LogP contribution in [-0.4, -0.2) is 9.78 Å². The number of benzene rings is 1. The molecule has 1 aromatic carbocycles. The third kappa shape index (κ3) is 1.35. The first-order valence-electron chi connectivity index (χ1n) is 5.58. The van der Waals surface area contributed by atoms with Crippen molar-refractivity contribution in [3.05, 3.63) is 41.3 Å². The third-order valence-corrected chi connectivity index (χ3v) is 3.22. The van der Waals surface area contributed by atoms with Gasteiger partial charge in [0.15, 0.2) is 0 Å². The van der Waals surface area contributed by atoms with Crippen molar-refractivity contribution < 1.29 is 4.39 Å². The lowest BCUT2D eigenvalue weighted by Gasteiger charge is -1.99. The first-order valence-corrected chi connectivity index (χ1v) is 5.58. The van der Waals surface area contributed by atoms with Crippen molar-refractivity contribution in [2.45, 2.75) is 26.3 Å². The van der Waals surface area contributed by atoms with E-state index in [2.05, 4.69) is 16.7 Å². The van der Waals surface area contributed by atoms with Gasteiger partial charge in [0.25, 0.3) is 0 Å². The fraction of sp³-hybridized carbons (Fsp3) is 0.308. The van der Waals surface area contributed by atoms with Gasteiger partial charge in [0, 0.05) is 17.8 Å². The summed E-state index contributed by atoms with van der Waals surface area (Å²) < 4.78 is 14.9. The molecule has 1 aliphatic rings. The van der Waals surface area contributed by atoms with Crippen molar-refractivity contribution in [1.29, 1.82) is 0 Å². The summed E-state index contributed by atoms with van der Waals surface area (Å²) in [6, 6.07) is 6.55. The Morgan fingerprint density at radius 3 is 2.69 bits per heavy atom. The Balaban J connectivity index is 2.10. The monoisotopic (exact) mass is 216 g/mol. The molecular formula is C13H13FN2. The van der Waals surface area contributed by atoms with Crippen LogP contribution in [0.5, 0.6) is 0 Å². The molecule has 0 N–H and O–H groups in total. The van der Waals surface area contributed by atoms with Gasteiger partial charge in [0.2, 0.25) is 0 Å². The summed E-state index contributed by atoms with van der Waals surface area (Å²) >= 11 is 0. The van der Waals surface area contributed by atoms with Gasteiger partial charge in [-0.15, -0.1) is 0 Å². The number of halogens is 1. The molecule has 0 saturated heterocycles. The summed E-state index contributed by atoms with van der Waals surface area (Å²) in [5, 5.41) is 4.58. The van der Waals surface area contributed by atoms with Crippen LogP contribution in [0.15, 0.2) is 24.3 Å². The molecule has 0 unspecified atom stereocenters. The van der Waals surface area contributed by atoms with Crippen LogP contribution in [0.3, 0.4) is 0 Å². The summed E-state index contributed by atoms with van der Waals surface area (Å²) in [4.78, 5) is 0. The van der Waals surface area contributed by atoms with E-state index in [0.29, 0.717) is 0 Å². The SMILES string of the molecule is Cc1c(-c2ccc(F)cc2)nn2c1CCC2. The Labute approximate surface area is 93.7 Å². The molecule has 2 nitrogen and oxygen atoms in total. The van der Waals surface area contributed by atoms with E-state index in [1.807, 2.05) is 0 Å². The van der Waals surface area contributed by atoms with E-state index in [9.17, 15) is 4.39 Å². The van der Waals surface area contributed by atoms with E-state index >= 15 is 0 Å². The van der Waals surface area contributed by atoms with Gasteiger partial charge < -0.3 is 0 Å². The van der Waals surface area contributed by atoms with E-state index < -0.39 is 0 Å². The Kier molecular flexibility index (Phi) is 2.06. The second-order valence-corrected chi connectivity index (χ2v) is 4.25. The van der Waals surface area contributed by atoms with Gasteiger partial charge in [0.1, 0.15) is 5.82 Å². The normalized spacial score (nSPS) is 14.1. The molecule has 3 heteroatoms. The third-order valence-electron chi connectivity index (χ3n) is 3.22. The van der Waals surface area contributed by atoms with E-state index in [1.165, 1.54) is 29.8 Å². The predicted molar refractivity (Wildman–Crippen MR) is 60.7 cm³/mol. The second-order valence-electron chi connectivity index (χ2n) is 4.25. The molecule has 1 aromatic heterocycles. The molecule has 0 spiro atoms.